The van der Waals surface area contributed by atoms with Crippen molar-refractivity contribution in [2.45, 2.75) is 12.8 Å². The van der Waals surface area contributed by atoms with Gasteiger partial charge in [0.2, 0.25) is 11.6 Å². The van der Waals surface area contributed by atoms with E-state index < -0.39 is 4.92 Å². The minimum Gasteiger partial charge on any atom is -1.00 e. The van der Waals surface area contributed by atoms with Crippen molar-refractivity contribution >= 4 is 17.3 Å². The van der Waals surface area contributed by atoms with Crippen LogP contribution in [0.4, 0.5) is 5.69 Å². The smallest absolute Gasteiger partial charge is 0.269 e. The summed E-state index contributed by atoms with van der Waals surface area (Å²) in [5, 5.41) is 10.5. The Labute approximate surface area is 120 Å². The number of ketones is 1. The van der Waals surface area contributed by atoms with Crippen molar-refractivity contribution in [2.75, 3.05) is 13.1 Å². The normalized spacial score (nSPS) is 14.1. The molecule has 2 rings (SSSR count). The molecule has 0 unspecified atom stereocenters. The van der Waals surface area contributed by atoms with Gasteiger partial charge in [-0.3, -0.25) is 25.2 Å². The van der Waals surface area contributed by atoms with Gasteiger partial charge in [-0.05, 0) is 18.6 Å². The molecule has 1 heterocycles. The van der Waals surface area contributed by atoms with Gasteiger partial charge in [-0.15, -0.1) is 0 Å². The molecule has 0 aromatic heterocycles. The summed E-state index contributed by atoms with van der Waals surface area (Å²) in [6.07, 6.45) is 1.80. The predicted octanol–water partition coefficient (Wildman–Crippen LogP) is -2.05. The van der Waals surface area contributed by atoms with Crippen LogP contribution in [-0.4, -0.2) is 34.2 Å². The van der Waals surface area contributed by atoms with E-state index in [9.17, 15) is 14.9 Å². The van der Waals surface area contributed by atoms with Crippen LogP contribution in [0, 0.1) is 10.1 Å². The quantitative estimate of drug-likeness (QED) is 0.298. The zero-order valence-electron chi connectivity index (χ0n) is 10.2. The Hall–Kier alpha value is -1.76. The van der Waals surface area contributed by atoms with E-state index in [4.69, 9.17) is 5.73 Å². The summed E-state index contributed by atoms with van der Waals surface area (Å²) in [5.74, 6) is 0.667. The molecule has 2 N–H and O–H groups in total. The number of carbonyl (C=O) groups is 1. The molecule has 7 heteroatoms. The number of rotatable bonds is 4. The molecule has 0 amide bonds. The Balaban J connectivity index is 0.00000180. The summed E-state index contributed by atoms with van der Waals surface area (Å²) in [6, 6.07) is 5.63. The first-order chi connectivity index (χ1) is 8.58. The summed E-state index contributed by atoms with van der Waals surface area (Å²) in [5.41, 5.74) is 6.23. The molecule has 19 heavy (non-hydrogen) atoms. The first-order valence-corrected chi connectivity index (χ1v) is 5.72. The number of nitrogens with zero attached hydrogens (tertiary/aromatic N) is 2. The summed E-state index contributed by atoms with van der Waals surface area (Å²) >= 11 is 0. The van der Waals surface area contributed by atoms with Crippen molar-refractivity contribution in [1.82, 2.24) is 0 Å². The monoisotopic (exact) mass is 327 g/mol. The molecule has 1 aliphatic rings. The lowest BCUT2D eigenvalue weighted by Crippen LogP contribution is -3.00. The molecule has 6 nitrogen and oxygen atoms in total. The first kappa shape index (κ1) is 15.3. The van der Waals surface area contributed by atoms with Crippen molar-refractivity contribution in [3.8, 4) is 0 Å². The Kier molecular flexibility index (Phi) is 5.17. The lowest BCUT2D eigenvalue weighted by molar-refractivity contribution is -0.507. The number of nitro benzene ring substituents is 1. The minimum atomic E-state index is -0.486. The van der Waals surface area contributed by atoms with Crippen LogP contribution < -0.4 is 22.7 Å². The van der Waals surface area contributed by atoms with Gasteiger partial charge in [0, 0.05) is 17.7 Å². The molecule has 0 aliphatic carbocycles. The van der Waals surface area contributed by atoms with Gasteiger partial charge in [0.25, 0.3) is 5.69 Å². The van der Waals surface area contributed by atoms with Crippen LogP contribution in [-0.2, 0) is 0 Å². The van der Waals surface area contributed by atoms with Gasteiger partial charge in [-0.1, -0.05) is 0 Å². The maximum Gasteiger partial charge on any atom is 0.269 e. The predicted molar refractivity (Wildman–Crippen MR) is 65.8 cm³/mol. The van der Waals surface area contributed by atoms with Gasteiger partial charge in [0.15, 0.2) is 0 Å². The Morgan fingerprint density at radius 1 is 1.37 bits per heavy atom. The second kappa shape index (κ2) is 6.42. The molecule has 0 radical (unpaired) electrons. The lowest BCUT2D eigenvalue weighted by atomic mass is 10.1. The van der Waals surface area contributed by atoms with Crippen LogP contribution in [0.25, 0.3) is 0 Å². The van der Waals surface area contributed by atoms with Crippen LogP contribution in [0.1, 0.15) is 23.2 Å². The van der Waals surface area contributed by atoms with E-state index in [0.29, 0.717) is 5.56 Å². The van der Waals surface area contributed by atoms with Crippen LogP contribution in [0.2, 0.25) is 0 Å². The number of hydrogen-bond donors (Lipinski definition) is 1. The van der Waals surface area contributed by atoms with E-state index in [1.807, 2.05) is 4.58 Å². The number of amidine groups is 1. The molecule has 0 saturated carbocycles. The second-order valence-electron chi connectivity index (χ2n) is 4.24. The molecule has 0 spiro atoms. The van der Waals surface area contributed by atoms with Crippen molar-refractivity contribution in [1.29, 1.82) is 0 Å². The van der Waals surface area contributed by atoms with E-state index in [0.717, 1.165) is 25.2 Å². The fourth-order valence-electron chi connectivity index (χ4n) is 1.97. The highest BCUT2D eigenvalue weighted by atomic mass is 79.9. The molecule has 0 atom stereocenters. The highest BCUT2D eigenvalue weighted by molar-refractivity contribution is 5.97. The van der Waals surface area contributed by atoms with Gasteiger partial charge in [0.05, 0.1) is 17.9 Å². The number of nitrogens with two attached hydrogens (primary N) is 1. The van der Waals surface area contributed by atoms with Crippen molar-refractivity contribution in [3.63, 3.8) is 0 Å². The Bertz CT molecular complexity index is 526. The highest BCUT2D eigenvalue weighted by Gasteiger charge is 2.20. The third-order valence-corrected chi connectivity index (χ3v) is 3.00. The molecule has 1 aromatic carbocycles. The fraction of sp³-hybridized carbons (Fsp3) is 0.333. The minimum absolute atomic E-state index is 0. The largest absolute Gasteiger partial charge is 1.00 e. The van der Waals surface area contributed by atoms with Gasteiger partial charge in [-0.25, -0.2) is 0 Å². The van der Waals surface area contributed by atoms with Gasteiger partial charge in [-0.2, -0.15) is 0 Å². The maximum absolute atomic E-state index is 11.9. The van der Waals surface area contributed by atoms with Crippen LogP contribution >= 0.6 is 0 Å². The molecule has 102 valence electrons. The number of nitro groups is 1. The fourth-order valence-corrected chi connectivity index (χ4v) is 1.97. The Morgan fingerprint density at radius 3 is 2.47 bits per heavy atom. The molecule has 0 fully saturated rings. The van der Waals surface area contributed by atoms with Crippen LogP contribution in [0.5, 0.6) is 0 Å². The maximum atomic E-state index is 11.9. The summed E-state index contributed by atoms with van der Waals surface area (Å²) in [4.78, 5) is 22.0. The van der Waals surface area contributed by atoms with Crippen LogP contribution in [0.3, 0.4) is 0 Å². The van der Waals surface area contributed by atoms with Crippen molar-refractivity contribution in [2.24, 2.45) is 5.73 Å². The number of halogens is 1. The summed E-state index contributed by atoms with van der Waals surface area (Å²) in [7, 11) is 0. The lowest BCUT2D eigenvalue weighted by Gasteiger charge is -2.02. The van der Waals surface area contributed by atoms with Gasteiger partial charge in [0.1, 0.15) is 6.54 Å². The van der Waals surface area contributed by atoms with Crippen LogP contribution in [0.15, 0.2) is 24.3 Å². The zero-order chi connectivity index (χ0) is 13.1. The molecular formula is C12H14BrN3O3. The highest BCUT2D eigenvalue weighted by Crippen LogP contribution is 2.12. The third-order valence-electron chi connectivity index (χ3n) is 3.00. The third kappa shape index (κ3) is 3.60. The van der Waals surface area contributed by atoms with E-state index in [1.54, 1.807) is 0 Å². The van der Waals surface area contributed by atoms with Crippen molar-refractivity contribution < 1.29 is 31.3 Å². The summed E-state index contributed by atoms with van der Waals surface area (Å²) in [6.45, 7) is 1.04. The van der Waals surface area contributed by atoms with E-state index in [2.05, 4.69) is 0 Å². The number of hydrogen-bond acceptors (Lipinski definition) is 4. The molecule has 0 bridgehead atoms. The molecular weight excluding hydrogens is 314 g/mol. The SMILES string of the molecule is NC1=[N+](CC(=O)c2ccc([N+](=O)[O-])cc2)CCC1.[Br-]. The van der Waals surface area contributed by atoms with E-state index in [1.165, 1.54) is 24.3 Å². The molecule has 0 saturated heterocycles. The average Bonchev–Trinajstić information content (AvgIpc) is 2.75. The summed E-state index contributed by atoms with van der Waals surface area (Å²) < 4.78 is 1.85. The zero-order valence-corrected chi connectivity index (χ0v) is 11.8. The number of Topliss-reactive ketones (excluding diaryl/α,β-unsaturated/α-hetero) is 1. The Morgan fingerprint density at radius 2 is 2.00 bits per heavy atom. The molecule has 1 aliphatic heterocycles. The first-order valence-electron chi connectivity index (χ1n) is 5.72. The van der Waals surface area contributed by atoms with Crippen molar-refractivity contribution in [3.05, 3.63) is 39.9 Å². The standard InChI is InChI=1S/C12H13N3O3.BrH/c13-12-2-1-7-14(12)8-11(16)9-3-5-10(6-4-9)15(17)18;/h3-6,13H,1-2,7-8H2;1H. The topological polar surface area (TPSA) is 89.2 Å². The van der Waals surface area contributed by atoms with Gasteiger partial charge < -0.3 is 17.0 Å². The number of non-ortho nitro benzene ring substituents is 1. The van der Waals surface area contributed by atoms with E-state index >= 15 is 0 Å². The van der Waals surface area contributed by atoms with E-state index in [-0.39, 0.29) is 35.0 Å². The number of benzene rings is 1. The molecule has 1 aromatic rings. The number of carbonyl (C=O) groups excluding carboxylic acids is 1. The van der Waals surface area contributed by atoms with Gasteiger partial charge >= 0.3 is 0 Å². The average molecular weight is 328 g/mol. The second-order valence-corrected chi connectivity index (χ2v) is 4.24.